The van der Waals surface area contributed by atoms with Crippen LogP contribution < -0.4 is 5.73 Å². The zero-order chi connectivity index (χ0) is 18.5. The van der Waals surface area contributed by atoms with Crippen LogP contribution in [-0.4, -0.2) is 52.4 Å². The number of nitrogens with two attached hydrogens (primary N) is 1. The fraction of sp³-hybridized carbons (Fsp3) is 0.905. The van der Waals surface area contributed by atoms with E-state index in [1.807, 2.05) is 0 Å². The first kappa shape index (κ1) is 17.6. The van der Waals surface area contributed by atoms with E-state index < -0.39 is 17.8 Å². The molecule has 0 aliphatic heterocycles. The molecule has 5 nitrogen and oxygen atoms in total. The highest BCUT2D eigenvalue weighted by Crippen LogP contribution is 2.76. The number of aliphatic hydroxyl groups excluding tert-OH is 3. The van der Waals surface area contributed by atoms with Crippen LogP contribution in [0.5, 0.6) is 0 Å². The van der Waals surface area contributed by atoms with Gasteiger partial charge in [-0.3, -0.25) is 0 Å². The van der Waals surface area contributed by atoms with E-state index in [4.69, 9.17) is 10.5 Å². The van der Waals surface area contributed by atoms with Gasteiger partial charge in [0.25, 0.3) is 0 Å². The molecular weight excluding hydrogens is 330 g/mol. The van der Waals surface area contributed by atoms with Crippen molar-refractivity contribution in [3.8, 4) is 0 Å². The van der Waals surface area contributed by atoms with E-state index >= 15 is 0 Å². The second-order valence-electron chi connectivity index (χ2n) is 10.3. The Morgan fingerprint density at radius 1 is 1.12 bits per heavy atom. The minimum absolute atomic E-state index is 0.0114. The third kappa shape index (κ3) is 1.76. The summed E-state index contributed by atoms with van der Waals surface area (Å²) in [6.07, 6.45) is 7.74. The van der Waals surface area contributed by atoms with Gasteiger partial charge in [0.05, 0.1) is 17.8 Å². The van der Waals surface area contributed by atoms with Crippen molar-refractivity contribution < 1.29 is 20.1 Å². The highest BCUT2D eigenvalue weighted by atomic mass is 16.5. The number of aliphatic hydroxyl groups is 3. The number of ether oxygens (including phenoxy) is 1. The SMILES string of the molecule is CO[C@]12C=C3[C@@H](O)[C@H](O)[C@@H](N)C[C@]34CC[C@]1(C4)[C@@H]1CC[C@H](O)[C@@]1(C)CC2. The van der Waals surface area contributed by atoms with Gasteiger partial charge < -0.3 is 25.8 Å². The van der Waals surface area contributed by atoms with Gasteiger partial charge in [0.2, 0.25) is 0 Å². The lowest BCUT2D eigenvalue weighted by atomic mass is 9.45. The second-order valence-corrected chi connectivity index (χ2v) is 10.3. The fourth-order valence-electron chi connectivity index (χ4n) is 8.28. The normalized spacial score (nSPS) is 60.8. The molecule has 5 heteroatoms. The summed E-state index contributed by atoms with van der Waals surface area (Å²) < 4.78 is 6.27. The molecule has 5 aliphatic rings. The average Bonchev–Trinajstić information content (AvgIpc) is 3.10. The highest BCUT2D eigenvalue weighted by Gasteiger charge is 2.73. The lowest BCUT2D eigenvalue weighted by Crippen LogP contribution is -2.64. The molecule has 0 saturated heterocycles. The maximum atomic E-state index is 10.8. The Bertz CT molecular complexity index is 666. The largest absolute Gasteiger partial charge is 0.393 e. The smallest absolute Gasteiger partial charge is 0.103 e. The first-order valence-corrected chi connectivity index (χ1v) is 10.3. The molecule has 0 aromatic rings. The summed E-state index contributed by atoms with van der Waals surface area (Å²) in [5.74, 6) is 0.441. The van der Waals surface area contributed by atoms with Gasteiger partial charge in [0.1, 0.15) is 6.10 Å². The van der Waals surface area contributed by atoms with Crippen LogP contribution in [-0.2, 0) is 4.74 Å². The predicted molar refractivity (Wildman–Crippen MR) is 97.2 cm³/mol. The molecule has 5 N–H and O–H groups in total. The Balaban J connectivity index is 1.68. The number of methoxy groups -OCH3 is 1. The van der Waals surface area contributed by atoms with Gasteiger partial charge in [-0.15, -0.1) is 0 Å². The molecule has 26 heavy (non-hydrogen) atoms. The van der Waals surface area contributed by atoms with Crippen LogP contribution in [0.15, 0.2) is 11.6 Å². The van der Waals surface area contributed by atoms with Crippen LogP contribution in [0.4, 0.5) is 0 Å². The number of hydrogen-bond acceptors (Lipinski definition) is 5. The molecule has 4 saturated carbocycles. The maximum absolute atomic E-state index is 10.8. The second kappa shape index (κ2) is 5.12. The van der Waals surface area contributed by atoms with Gasteiger partial charge in [-0.2, -0.15) is 0 Å². The van der Waals surface area contributed by atoms with Gasteiger partial charge in [-0.05, 0) is 79.8 Å². The van der Waals surface area contributed by atoms with E-state index in [0.29, 0.717) is 5.92 Å². The molecule has 4 fully saturated rings. The first-order chi connectivity index (χ1) is 12.2. The molecular formula is C21H33NO4. The molecule has 5 aliphatic carbocycles. The lowest BCUT2D eigenvalue weighted by Gasteiger charge is -2.63. The van der Waals surface area contributed by atoms with Crippen molar-refractivity contribution in [1.29, 1.82) is 0 Å². The van der Waals surface area contributed by atoms with E-state index in [0.717, 1.165) is 56.9 Å². The fourth-order valence-corrected chi connectivity index (χ4v) is 8.28. The molecule has 0 aromatic heterocycles. The van der Waals surface area contributed by atoms with Gasteiger partial charge in [-0.25, -0.2) is 0 Å². The standard InChI is InChI=1S/C21H33NO4/c1-18-5-8-21(26-2)9-12-16(24)17(25)13(22)10-19(12)6-7-20(21,11-19)14(18)3-4-15(18)23/h9,13-17,23-25H,3-8,10-11,22H2,1-2H3/t13-,14+,15-,16+,17+,18-,19-,20-,21+/m0/s1. The Kier molecular flexibility index (Phi) is 3.47. The summed E-state index contributed by atoms with van der Waals surface area (Å²) in [4.78, 5) is 0. The predicted octanol–water partition coefficient (Wildman–Crippen LogP) is 1.49. The number of fused-ring (bicyclic) bond motifs is 1. The summed E-state index contributed by atoms with van der Waals surface area (Å²) in [6, 6.07) is -0.378. The summed E-state index contributed by atoms with van der Waals surface area (Å²) >= 11 is 0. The van der Waals surface area contributed by atoms with Crippen molar-refractivity contribution in [3.63, 3.8) is 0 Å². The summed E-state index contributed by atoms with van der Waals surface area (Å²) in [7, 11) is 1.80. The van der Waals surface area contributed by atoms with Crippen molar-refractivity contribution in [2.75, 3.05) is 7.11 Å². The Labute approximate surface area is 155 Å². The van der Waals surface area contributed by atoms with Crippen LogP contribution in [0.2, 0.25) is 0 Å². The number of hydrogen-bond donors (Lipinski definition) is 4. The van der Waals surface area contributed by atoms with E-state index in [1.54, 1.807) is 7.11 Å². The van der Waals surface area contributed by atoms with Crippen molar-refractivity contribution in [1.82, 2.24) is 0 Å². The molecule has 9 atom stereocenters. The van der Waals surface area contributed by atoms with Gasteiger partial charge in [0.15, 0.2) is 0 Å². The number of rotatable bonds is 1. The minimum Gasteiger partial charge on any atom is -0.393 e. The van der Waals surface area contributed by atoms with Crippen LogP contribution in [0, 0.1) is 22.2 Å². The van der Waals surface area contributed by atoms with E-state index in [1.165, 1.54) is 0 Å². The van der Waals surface area contributed by atoms with Crippen LogP contribution in [0.25, 0.3) is 0 Å². The van der Waals surface area contributed by atoms with Crippen molar-refractivity contribution in [3.05, 3.63) is 11.6 Å². The Morgan fingerprint density at radius 3 is 2.62 bits per heavy atom. The first-order valence-electron chi connectivity index (χ1n) is 10.3. The molecule has 0 aromatic carbocycles. The van der Waals surface area contributed by atoms with Crippen molar-refractivity contribution in [2.24, 2.45) is 27.9 Å². The van der Waals surface area contributed by atoms with E-state index in [9.17, 15) is 15.3 Å². The van der Waals surface area contributed by atoms with Gasteiger partial charge >= 0.3 is 0 Å². The lowest BCUT2D eigenvalue weighted by molar-refractivity contribution is -0.189. The molecule has 0 heterocycles. The molecule has 0 unspecified atom stereocenters. The summed E-state index contributed by atoms with van der Waals surface area (Å²) in [5.41, 5.74) is 6.69. The molecule has 2 bridgehead atoms. The van der Waals surface area contributed by atoms with Crippen LogP contribution in [0.3, 0.4) is 0 Å². The third-order valence-electron chi connectivity index (χ3n) is 9.61. The minimum atomic E-state index is -0.893. The summed E-state index contributed by atoms with van der Waals surface area (Å²) in [5, 5.41) is 32.0. The molecule has 0 amide bonds. The zero-order valence-electron chi connectivity index (χ0n) is 15.9. The average molecular weight is 363 g/mol. The maximum Gasteiger partial charge on any atom is 0.103 e. The van der Waals surface area contributed by atoms with Crippen molar-refractivity contribution in [2.45, 2.75) is 88.2 Å². The zero-order valence-corrected chi connectivity index (χ0v) is 15.9. The van der Waals surface area contributed by atoms with Crippen LogP contribution >= 0.6 is 0 Å². The van der Waals surface area contributed by atoms with Crippen LogP contribution in [0.1, 0.15) is 58.3 Å². The van der Waals surface area contributed by atoms with Gasteiger partial charge in [-0.1, -0.05) is 6.92 Å². The topological polar surface area (TPSA) is 95.9 Å². The quantitative estimate of drug-likeness (QED) is 0.530. The molecule has 0 radical (unpaired) electrons. The molecule has 2 spiro atoms. The monoisotopic (exact) mass is 363 g/mol. The molecule has 5 rings (SSSR count). The Morgan fingerprint density at radius 2 is 1.88 bits per heavy atom. The third-order valence-corrected chi connectivity index (χ3v) is 9.61. The van der Waals surface area contributed by atoms with Gasteiger partial charge in [0, 0.05) is 18.6 Å². The molecule has 146 valence electrons. The Hall–Kier alpha value is -0.460. The van der Waals surface area contributed by atoms with Crippen molar-refractivity contribution >= 4 is 0 Å². The summed E-state index contributed by atoms with van der Waals surface area (Å²) in [6.45, 7) is 2.28. The van der Waals surface area contributed by atoms with E-state index in [2.05, 4.69) is 13.0 Å². The van der Waals surface area contributed by atoms with E-state index in [-0.39, 0.29) is 28.4 Å². The highest BCUT2D eigenvalue weighted by molar-refractivity contribution is 5.40.